The maximum absolute atomic E-state index is 8.78. The van der Waals surface area contributed by atoms with Crippen molar-refractivity contribution in [2.45, 2.75) is 0 Å². The standard InChI is InChI=1S/2H2NO2S.Pd/c2*1-4(2)3;/h2*(H2,1,2,3);/q2*-1;+2. The SMILES string of the molecule is N[S-](=O)=O.N[S-](=O)=O.[Pd+2]. The Morgan fingerprint density at radius 2 is 0.778 bits per heavy atom. The average Bonchev–Trinajstić information content (AvgIpc) is 1.25. The zero-order chi connectivity index (χ0) is 7.15. The summed E-state index contributed by atoms with van der Waals surface area (Å²) < 4.78 is 35.1. The van der Waals surface area contributed by atoms with Gasteiger partial charge < -0.3 is 27.1 Å². The van der Waals surface area contributed by atoms with E-state index >= 15 is 0 Å². The molecule has 0 radical (unpaired) electrons. The van der Waals surface area contributed by atoms with Gasteiger partial charge in [0.25, 0.3) is 0 Å². The number of hydrogen-bond donors (Lipinski definition) is 2. The van der Waals surface area contributed by atoms with Gasteiger partial charge in [0.1, 0.15) is 0 Å². The molecule has 0 atom stereocenters. The molecular weight excluding hydrogens is 263 g/mol. The fraction of sp³-hybridized carbons (Fsp3) is 0. The second-order valence-corrected chi connectivity index (χ2v) is 1.56. The van der Waals surface area contributed by atoms with E-state index in [1.165, 1.54) is 0 Å². The number of nitrogens with two attached hydrogens (primary N) is 2. The molecule has 0 aromatic carbocycles. The molecule has 0 aliphatic heterocycles. The predicted molar refractivity (Wildman–Crippen MR) is 25.9 cm³/mol. The first-order valence-corrected chi connectivity index (χ1v) is 3.41. The number of hydrogen-bond acceptors (Lipinski definition) is 6. The molecule has 0 heterocycles. The van der Waals surface area contributed by atoms with Gasteiger partial charge in [0.05, 0.1) is 0 Å². The summed E-state index contributed by atoms with van der Waals surface area (Å²) in [5.74, 6) is 0. The monoisotopic (exact) mass is 266 g/mol. The third kappa shape index (κ3) is 1530. The van der Waals surface area contributed by atoms with Crippen molar-refractivity contribution in [3.8, 4) is 0 Å². The molecule has 0 saturated heterocycles. The molecule has 60 valence electrons. The van der Waals surface area contributed by atoms with Crippen LogP contribution in [0, 0.1) is 0 Å². The second kappa shape index (κ2) is 11.3. The van der Waals surface area contributed by atoms with E-state index in [-0.39, 0.29) is 20.4 Å². The molecule has 0 bridgehead atoms. The molecule has 9 heavy (non-hydrogen) atoms. The Kier molecular flexibility index (Phi) is 20.4. The number of rotatable bonds is 0. The molecule has 0 aliphatic carbocycles. The largest absolute Gasteiger partial charge is 2.00 e. The van der Waals surface area contributed by atoms with Crippen LogP contribution in [0.4, 0.5) is 0 Å². The fourth-order valence-corrected chi connectivity index (χ4v) is 0. The first-order valence-electron chi connectivity index (χ1n) is 1.14. The van der Waals surface area contributed by atoms with Crippen molar-refractivity contribution in [3.05, 3.63) is 0 Å². The quantitative estimate of drug-likeness (QED) is 0.402. The summed E-state index contributed by atoms with van der Waals surface area (Å²) >= 11 is 0. The van der Waals surface area contributed by atoms with Crippen molar-refractivity contribution in [2.24, 2.45) is 10.3 Å². The van der Waals surface area contributed by atoms with E-state index < -0.39 is 21.8 Å². The molecule has 9 heteroatoms. The molecule has 0 aromatic rings. The van der Waals surface area contributed by atoms with Crippen LogP contribution in [0.2, 0.25) is 0 Å². The normalized spacial score (nSPS) is 7.56. The van der Waals surface area contributed by atoms with Gasteiger partial charge in [0, 0.05) is 0 Å². The molecule has 0 amide bonds. The summed E-state index contributed by atoms with van der Waals surface area (Å²) in [6, 6.07) is 0. The van der Waals surface area contributed by atoms with E-state index in [2.05, 4.69) is 10.3 Å². The smallest absolute Gasteiger partial charge is 0.409 e. The molecule has 0 saturated carbocycles. The summed E-state index contributed by atoms with van der Waals surface area (Å²) in [6.07, 6.45) is 0. The van der Waals surface area contributed by atoms with Crippen molar-refractivity contribution in [2.75, 3.05) is 0 Å². The Morgan fingerprint density at radius 3 is 0.778 bits per heavy atom. The minimum Gasteiger partial charge on any atom is -0.409 e. The van der Waals surface area contributed by atoms with E-state index in [0.29, 0.717) is 0 Å². The summed E-state index contributed by atoms with van der Waals surface area (Å²) in [5, 5.41) is 8.06. The van der Waals surface area contributed by atoms with E-state index in [1.54, 1.807) is 0 Å². The molecule has 0 spiro atoms. The zero-order valence-corrected chi connectivity index (χ0v) is 7.11. The van der Waals surface area contributed by atoms with Crippen LogP contribution in [0.25, 0.3) is 0 Å². The molecular formula is H4N2O4PdS2. The molecule has 0 unspecified atom stereocenters. The Hall–Kier alpha value is 0.482. The Labute approximate surface area is 69.4 Å². The van der Waals surface area contributed by atoms with Gasteiger partial charge in [-0.3, -0.25) is 0 Å². The van der Waals surface area contributed by atoms with E-state index in [9.17, 15) is 0 Å². The zero-order valence-electron chi connectivity index (χ0n) is 3.92. The van der Waals surface area contributed by atoms with E-state index in [1.807, 2.05) is 0 Å². The molecule has 0 aromatic heterocycles. The van der Waals surface area contributed by atoms with Gasteiger partial charge in [-0.05, 0) is 21.8 Å². The molecule has 0 aliphatic rings. The molecule has 4 N–H and O–H groups in total. The van der Waals surface area contributed by atoms with E-state index in [4.69, 9.17) is 16.8 Å². The topological polar surface area (TPSA) is 120 Å². The van der Waals surface area contributed by atoms with Crippen molar-refractivity contribution >= 4 is 21.8 Å². The van der Waals surface area contributed by atoms with Crippen molar-refractivity contribution in [1.29, 1.82) is 0 Å². The Morgan fingerprint density at radius 1 is 0.778 bits per heavy atom. The minimum absolute atomic E-state index is 0. The van der Waals surface area contributed by atoms with Crippen LogP contribution >= 0.6 is 0 Å². The van der Waals surface area contributed by atoms with Crippen LogP contribution in [-0.4, -0.2) is 0 Å². The van der Waals surface area contributed by atoms with Gasteiger partial charge in [-0.2, -0.15) is 0 Å². The Balaban J connectivity index is -0.0000000720. The molecule has 0 rings (SSSR count). The van der Waals surface area contributed by atoms with Crippen molar-refractivity contribution in [3.63, 3.8) is 0 Å². The van der Waals surface area contributed by atoms with Gasteiger partial charge in [0.2, 0.25) is 0 Å². The first kappa shape index (κ1) is 16.2. The minimum atomic E-state index is -2.36. The van der Waals surface area contributed by atoms with Crippen LogP contribution < -0.4 is 10.3 Å². The Bertz CT molecular complexity index is 133. The van der Waals surface area contributed by atoms with Crippen LogP contribution in [0.3, 0.4) is 0 Å². The van der Waals surface area contributed by atoms with Crippen LogP contribution in [0.15, 0.2) is 0 Å². The van der Waals surface area contributed by atoms with Gasteiger partial charge in [-0.15, -0.1) is 0 Å². The maximum Gasteiger partial charge on any atom is 2.00 e. The summed E-state index contributed by atoms with van der Waals surface area (Å²) in [7, 11) is -4.72. The van der Waals surface area contributed by atoms with Gasteiger partial charge >= 0.3 is 20.4 Å². The fourth-order valence-electron chi connectivity index (χ4n) is 0. The first-order chi connectivity index (χ1) is 3.46. The van der Waals surface area contributed by atoms with Gasteiger partial charge in [-0.1, -0.05) is 0 Å². The van der Waals surface area contributed by atoms with Crippen LogP contribution in [-0.2, 0) is 59.0 Å². The average molecular weight is 267 g/mol. The van der Waals surface area contributed by atoms with Crippen molar-refractivity contribution < 1.29 is 37.3 Å². The van der Waals surface area contributed by atoms with Crippen molar-refractivity contribution in [1.82, 2.24) is 0 Å². The second-order valence-electron chi connectivity index (χ2n) is 0.521. The predicted octanol–water partition coefficient (Wildman–Crippen LogP) is -1.66. The summed E-state index contributed by atoms with van der Waals surface area (Å²) in [6.45, 7) is 0. The van der Waals surface area contributed by atoms with Gasteiger partial charge in [0.15, 0.2) is 0 Å². The van der Waals surface area contributed by atoms with Gasteiger partial charge in [-0.25, -0.2) is 0 Å². The summed E-state index contributed by atoms with van der Waals surface area (Å²) in [5.41, 5.74) is 0. The third-order valence-corrected chi connectivity index (χ3v) is 0. The summed E-state index contributed by atoms with van der Waals surface area (Å²) in [4.78, 5) is 0. The molecule has 0 fully saturated rings. The van der Waals surface area contributed by atoms with E-state index in [0.717, 1.165) is 0 Å². The maximum atomic E-state index is 8.78. The van der Waals surface area contributed by atoms with Crippen LogP contribution in [0.1, 0.15) is 0 Å². The van der Waals surface area contributed by atoms with Crippen LogP contribution in [0.5, 0.6) is 0 Å². The molecule has 6 nitrogen and oxygen atoms in total. The third-order valence-electron chi connectivity index (χ3n) is 0.